The van der Waals surface area contributed by atoms with Crippen LogP contribution in [-0.2, 0) is 0 Å². The molecule has 0 aromatic carbocycles. The van der Waals surface area contributed by atoms with Crippen LogP contribution in [0.25, 0.3) is 0 Å². The molecule has 1 aliphatic rings. The van der Waals surface area contributed by atoms with Crippen molar-refractivity contribution in [2.45, 2.75) is 13.0 Å². The van der Waals surface area contributed by atoms with Crippen molar-refractivity contribution < 1.29 is 5.21 Å². The molecular weight excluding hydrogens is 134 g/mol. The fourth-order valence-electron chi connectivity index (χ4n) is 0.776. The van der Waals surface area contributed by atoms with E-state index in [0.717, 1.165) is 5.75 Å². The van der Waals surface area contributed by atoms with Crippen LogP contribution in [0.2, 0.25) is 0 Å². The zero-order valence-corrected chi connectivity index (χ0v) is 6.27. The second-order valence-corrected chi connectivity index (χ2v) is 2.92. The highest BCUT2D eigenvalue weighted by molar-refractivity contribution is 8.02. The van der Waals surface area contributed by atoms with E-state index in [1.807, 2.05) is 18.4 Å². The van der Waals surface area contributed by atoms with Gasteiger partial charge in [0.15, 0.2) is 0 Å². The molecular formula is C6H11NOS. The largest absolute Gasteiger partial charge is 0.313 e. The molecule has 3 heteroatoms. The molecule has 0 aromatic rings. The molecule has 0 radical (unpaired) electrons. The predicted molar refractivity (Wildman–Crippen MR) is 39.6 cm³/mol. The molecule has 0 saturated heterocycles. The van der Waals surface area contributed by atoms with E-state index in [1.165, 1.54) is 5.06 Å². The minimum absolute atomic E-state index is 0.250. The maximum atomic E-state index is 9.13. The fourth-order valence-corrected chi connectivity index (χ4v) is 1.66. The number of thioether (sulfide) groups is 1. The third-order valence-corrected chi connectivity index (χ3v) is 2.25. The van der Waals surface area contributed by atoms with Gasteiger partial charge in [-0.2, -0.15) is 5.06 Å². The lowest BCUT2D eigenvalue weighted by molar-refractivity contribution is -0.102. The van der Waals surface area contributed by atoms with Crippen molar-refractivity contribution in [3.05, 3.63) is 11.5 Å². The molecule has 1 unspecified atom stereocenters. The van der Waals surface area contributed by atoms with E-state index in [4.69, 9.17) is 5.21 Å². The van der Waals surface area contributed by atoms with Gasteiger partial charge in [-0.1, -0.05) is 13.0 Å². The number of hydrogen-bond donors (Lipinski definition) is 1. The summed E-state index contributed by atoms with van der Waals surface area (Å²) in [6, 6.07) is 0.250. The van der Waals surface area contributed by atoms with Crippen molar-refractivity contribution in [1.29, 1.82) is 0 Å². The topological polar surface area (TPSA) is 23.5 Å². The molecule has 52 valence electrons. The Hall–Kier alpha value is 0.01000. The van der Waals surface area contributed by atoms with Crippen LogP contribution in [0.15, 0.2) is 11.5 Å². The van der Waals surface area contributed by atoms with Crippen molar-refractivity contribution in [3.63, 3.8) is 0 Å². The standard InChI is InChI=1S/C6H11NOS/c1-2-7(8)6-3-4-9-5-6/h3-4,6,8H,2,5H2,1H3. The molecule has 1 heterocycles. The van der Waals surface area contributed by atoms with E-state index in [-0.39, 0.29) is 6.04 Å². The highest BCUT2D eigenvalue weighted by Crippen LogP contribution is 2.17. The molecule has 1 aliphatic heterocycles. The first kappa shape index (κ1) is 7.12. The number of rotatable bonds is 2. The van der Waals surface area contributed by atoms with Gasteiger partial charge in [0.1, 0.15) is 0 Å². The quantitative estimate of drug-likeness (QED) is 0.593. The summed E-state index contributed by atoms with van der Waals surface area (Å²) in [6.45, 7) is 2.65. The van der Waals surface area contributed by atoms with Gasteiger partial charge in [0.25, 0.3) is 0 Å². The van der Waals surface area contributed by atoms with E-state index in [9.17, 15) is 0 Å². The molecule has 0 amide bonds. The van der Waals surface area contributed by atoms with Crippen molar-refractivity contribution >= 4 is 11.8 Å². The Bertz CT molecular complexity index is 116. The van der Waals surface area contributed by atoms with Crippen molar-refractivity contribution in [1.82, 2.24) is 5.06 Å². The summed E-state index contributed by atoms with van der Waals surface area (Å²) in [5.41, 5.74) is 0. The van der Waals surface area contributed by atoms with E-state index >= 15 is 0 Å². The van der Waals surface area contributed by atoms with Crippen LogP contribution in [0.4, 0.5) is 0 Å². The Balaban J connectivity index is 2.33. The van der Waals surface area contributed by atoms with E-state index in [0.29, 0.717) is 6.54 Å². The molecule has 0 aromatic heterocycles. The van der Waals surface area contributed by atoms with Gasteiger partial charge in [-0.15, -0.1) is 11.8 Å². The lowest BCUT2D eigenvalue weighted by Crippen LogP contribution is -2.30. The smallest absolute Gasteiger partial charge is 0.0631 e. The van der Waals surface area contributed by atoms with Gasteiger partial charge in [0.05, 0.1) is 6.04 Å². The Morgan fingerprint density at radius 3 is 3.11 bits per heavy atom. The Morgan fingerprint density at radius 2 is 2.67 bits per heavy atom. The number of hydrogen-bond acceptors (Lipinski definition) is 3. The van der Waals surface area contributed by atoms with Gasteiger partial charge in [0.2, 0.25) is 0 Å². The second-order valence-electron chi connectivity index (χ2n) is 1.98. The van der Waals surface area contributed by atoms with Crippen molar-refractivity contribution in [2.75, 3.05) is 12.3 Å². The average molecular weight is 145 g/mol. The van der Waals surface area contributed by atoms with E-state index < -0.39 is 0 Å². The molecule has 1 rings (SSSR count). The summed E-state index contributed by atoms with van der Waals surface area (Å²) in [6.07, 6.45) is 2.02. The summed E-state index contributed by atoms with van der Waals surface area (Å²) < 4.78 is 0. The zero-order valence-electron chi connectivity index (χ0n) is 5.45. The Morgan fingerprint density at radius 1 is 1.89 bits per heavy atom. The van der Waals surface area contributed by atoms with E-state index in [2.05, 4.69) is 0 Å². The van der Waals surface area contributed by atoms with Gasteiger partial charge in [0, 0.05) is 12.3 Å². The van der Waals surface area contributed by atoms with Crippen molar-refractivity contribution in [3.8, 4) is 0 Å². The van der Waals surface area contributed by atoms with Gasteiger partial charge in [-0.05, 0) is 5.41 Å². The molecule has 1 N–H and O–H groups in total. The van der Waals surface area contributed by atoms with Crippen LogP contribution in [0, 0.1) is 0 Å². The number of hydroxylamine groups is 2. The maximum absolute atomic E-state index is 9.13. The number of likely N-dealkylation sites (N-methyl/N-ethyl adjacent to an activating group) is 1. The molecule has 0 spiro atoms. The van der Waals surface area contributed by atoms with Crippen LogP contribution in [-0.4, -0.2) is 28.6 Å². The Labute approximate surface area is 59.5 Å². The number of nitrogens with zero attached hydrogens (tertiary/aromatic N) is 1. The highest BCUT2D eigenvalue weighted by atomic mass is 32.2. The second kappa shape index (κ2) is 3.25. The van der Waals surface area contributed by atoms with Gasteiger partial charge >= 0.3 is 0 Å². The van der Waals surface area contributed by atoms with Gasteiger partial charge in [-0.3, -0.25) is 0 Å². The van der Waals surface area contributed by atoms with Gasteiger partial charge in [-0.25, -0.2) is 0 Å². The van der Waals surface area contributed by atoms with E-state index in [1.54, 1.807) is 11.8 Å². The summed E-state index contributed by atoms with van der Waals surface area (Å²) in [7, 11) is 0. The van der Waals surface area contributed by atoms with Crippen LogP contribution in [0.3, 0.4) is 0 Å². The lowest BCUT2D eigenvalue weighted by atomic mass is 10.3. The fraction of sp³-hybridized carbons (Fsp3) is 0.667. The first-order valence-electron chi connectivity index (χ1n) is 3.08. The third kappa shape index (κ3) is 1.71. The first-order valence-corrected chi connectivity index (χ1v) is 4.13. The maximum Gasteiger partial charge on any atom is 0.0631 e. The highest BCUT2D eigenvalue weighted by Gasteiger charge is 2.14. The van der Waals surface area contributed by atoms with Crippen LogP contribution >= 0.6 is 11.8 Å². The van der Waals surface area contributed by atoms with Crippen molar-refractivity contribution in [2.24, 2.45) is 0 Å². The molecule has 0 saturated carbocycles. The van der Waals surface area contributed by atoms with Crippen LogP contribution in [0.5, 0.6) is 0 Å². The normalized spacial score (nSPS) is 25.9. The minimum Gasteiger partial charge on any atom is -0.313 e. The molecule has 0 fully saturated rings. The molecule has 1 atom stereocenters. The predicted octanol–water partition coefficient (Wildman–Crippen LogP) is 1.33. The summed E-state index contributed by atoms with van der Waals surface area (Å²) >= 11 is 1.74. The SMILES string of the molecule is CCN(O)C1C=CSC1. The average Bonchev–Trinajstić information content (AvgIpc) is 2.37. The zero-order chi connectivity index (χ0) is 6.69. The van der Waals surface area contributed by atoms with Gasteiger partial charge < -0.3 is 5.21 Å². The third-order valence-electron chi connectivity index (χ3n) is 1.37. The first-order chi connectivity index (χ1) is 4.34. The Kier molecular flexibility index (Phi) is 2.57. The van der Waals surface area contributed by atoms with Crippen LogP contribution < -0.4 is 0 Å². The molecule has 2 nitrogen and oxygen atoms in total. The molecule has 9 heavy (non-hydrogen) atoms. The monoisotopic (exact) mass is 145 g/mol. The summed E-state index contributed by atoms with van der Waals surface area (Å²) in [5.74, 6) is 0.990. The van der Waals surface area contributed by atoms with Crippen LogP contribution in [0.1, 0.15) is 6.92 Å². The molecule has 0 bridgehead atoms. The summed E-state index contributed by atoms with van der Waals surface area (Å²) in [4.78, 5) is 0. The lowest BCUT2D eigenvalue weighted by Gasteiger charge is -2.17. The minimum atomic E-state index is 0.250. The summed E-state index contributed by atoms with van der Waals surface area (Å²) in [5, 5.41) is 12.5. The molecule has 0 aliphatic carbocycles.